The van der Waals surface area contributed by atoms with Crippen LogP contribution < -0.4 is 9.46 Å². The van der Waals surface area contributed by atoms with E-state index in [0.29, 0.717) is 12.3 Å². The van der Waals surface area contributed by atoms with E-state index in [0.717, 1.165) is 22.9 Å². The fourth-order valence-corrected chi connectivity index (χ4v) is 3.52. The average molecular weight is 379 g/mol. The van der Waals surface area contributed by atoms with Gasteiger partial charge in [-0.2, -0.15) is 17.4 Å². The van der Waals surface area contributed by atoms with E-state index in [-0.39, 0.29) is 6.04 Å². The average Bonchev–Trinajstić information content (AvgIpc) is 2.43. The van der Waals surface area contributed by atoms with Crippen LogP contribution in [0.3, 0.4) is 0 Å². The Morgan fingerprint density at radius 1 is 1.43 bits per heavy atom. The lowest BCUT2D eigenvalue weighted by Crippen LogP contribution is -2.39. The summed E-state index contributed by atoms with van der Waals surface area (Å²) in [7, 11) is -0.288. The van der Waals surface area contributed by atoms with Gasteiger partial charge in [-0.3, -0.25) is 0 Å². The van der Waals surface area contributed by atoms with Crippen LogP contribution in [0.1, 0.15) is 38.3 Å². The molecule has 1 aromatic carbocycles. The summed E-state index contributed by atoms with van der Waals surface area (Å²) < 4.78 is 34.4. The third-order valence-corrected chi connectivity index (χ3v) is 5.51. The first kappa shape index (κ1) is 18.4. The van der Waals surface area contributed by atoms with E-state index < -0.39 is 10.2 Å². The van der Waals surface area contributed by atoms with Gasteiger partial charge in [-0.1, -0.05) is 19.4 Å². The second-order valence-electron chi connectivity index (χ2n) is 4.91. The van der Waals surface area contributed by atoms with Gasteiger partial charge in [0.05, 0.1) is 11.6 Å². The first-order chi connectivity index (χ1) is 9.81. The maximum Gasteiger partial charge on any atom is 0.279 e. The van der Waals surface area contributed by atoms with Gasteiger partial charge in [0.15, 0.2) is 0 Å². The number of hydrogen-bond acceptors (Lipinski definition) is 3. The monoisotopic (exact) mass is 378 g/mol. The molecule has 1 atom stereocenters. The van der Waals surface area contributed by atoms with Crippen molar-refractivity contribution in [2.45, 2.75) is 32.7 Å². The normalized spacial score (nSPS) is 13.4. The fraction of sp³-hybridized carbons (Fsp3) is 0.571. The van der Waals surface area contributed by atoms with Crippen LogP contribution >= 0.6 is 15.9 Å². The van der Waals surface area contributed by atoms with Gasteiger partial charge in [-0.05, 0) is 47.0 Å². The summed E-state index contributed by atoms with van der Waals surface area (Å²) in [6, 6.07) is 5.20. The highest BCUT2D eigenvalue weighted by Crippen LogP contribution is 2.28. The molecule has 5 nitrogen and oxygen atoms in total. The number of ether oxygens (including phenoxy) is 1. The van der Waals surface area contributed by atoms with Crippen LogP contribution in [0, 0.1) is 0 Å². The molecule has 0 aliphatic carbocycles. The van der Waals surface area contributed by atoms with Crippen molar-refractivity contribution in [1.29, 1.82) is 0 Å². The number of methoxy groups -OCH3 is 1. The van der Waals surface area contributed by atoms with Crippen LogP contribution in [0.2, 0.25) is 0 Å². The van der Waals surface area contributed by atoms with Crippen molar-refractivity contribution in [3.63, 3.8) is 0 Å². The minimum atomic E-state index is -3.47. The van der Waals surface area contributed by atoms with E-state index in [1.165, 1.54) is 4.31 Å². The molecule has 1 aromatic rings. The Balaban J connectivity index is 2.80. The Morgan fingerprint density at radius 3 is 2.62 bits per heavy atom. The lowest BCUT2D eigenvalue weighted by molar-refractivity contribution is 0.411. The van der Waals surface area contributed by atoms with Crippen LogP contribution in [0.25, 0.3) is 0 Å². The standard InChI is InChI=1S/C14H23BrN2O3S/c1-5-6-9-17(3)21(18,19)16-11(2)12-7-8-14(20-4)13(15)10-12/h7-8,10-11,16H,5-6,9H2,1-4H3. The third kappa shape index (κ3) is 5.25. The zero-order chi connectivity index (χ0) is 16.0. The van der Waals surface area contributed by atoms with Crippen molar-refractivity contribution in [3.05, 3.63) is 28.2 Å². The van der Waals surface area contributed by atoms with Crippen molar-refractivity contribution >= 4 is 26.1 Å². The number of unbranched alkanes of at least 4 members (excludes halogenated alkanes) is 1. The van der Waals surface area contributed by atoms with Crippen molar-refractivity contribution in [2.24, 2.45) is 0 Å². The van der Waals surface area contributed by atoms with Gasteiger partial charge in [-0.25, -0.2) is 0 Å². The lowest BCUT2D eigenvalue weighted by atomic mass is 10.1. The molecule has 1 rings (SSSR count). The molecule has 0 heterocycles. The molecule has 0 aliphatic heterocycles. The molecule has 120 valence electrons. The SMILES string of the molecule is CCCCN(C)S(=O)(=O)NC(C)c1ccc(OC)c(Br)c1. The molecule has 0 fully saturated rings. The molecule has 0 radical (unpaired) electrons. The predicted molar refractivity (Wildman–Crippen MR) is 88.7 cm³/mol. The fourth-order valence-electron chi connectivity index (χ4n) is 1.83. The zero-order valence-electron chi connectivity index (χ0n) is 12.9. The topological polar surface area (TPSA) is 58.6 Å². The van der Waals surface area contributed by atoms with E-state index in [1.54, 1.807) is 14.2 Å². The third-order valence-electron chi connectivity index (χ3n) is 3.24. The minimum absolute atomic E-state index is 0.318. The minimum Gasteiger partial charge on any atom is -0.496 e. The number of rotatable bonds is 8. The van der Waals surface area contributed by atoms with Gasteiger partial charge in [0.1, 0.15) is 5.75 Å². The van der Waals surface area contributed by atoms with E-state index >= 15 is 0 Å². The second kappa shape index (κ2) is 8.12. The summed E-state index contributed by atoms with van der Waals surface area (Å²) in [6.45, 7) is 4.37. The number of nitrogens with one attached hydrogen (secondary N) is 1. The molecule has 21 heavy (non-hydrogen) atoms. The molecule has 7 heteroatoms. The van der Waals surface area contributed by atoms with Crippen LogP contribution in [0.4, 0.5) is 0 Å². The number of halogens is 1. The van der Waals surface area contributed by atoms with Crippen LogP contribution in [-0.4, -0.2) is 33.4 Å². The van der Waals surface area contributed by atoms with Gasteiger partial charge >= 0.3 is 0 Å². The van der Waals surface area contributed by atoms with Crippen LogP contribution in [0.5, 0.6) is 5.75 Å². The first-order valence-electron chi connectivity index (χ1n) is 6.88. The van der Waals surface area contributed by atoms with Gasteiger partial charge in [0.25, 0.3) is 10.2 Å². The number of nitrogens with zero attached hydrogens (tertiary/aromatic N) is 1. The Bertz CT molecular complexity index is 563. The Hall–Kier alpha value is -0.630. The Morgan fingerprint density at radius 2 is 2.10 bits per heavy atom. The zero-order valence-corrected chi connectivity index (χ0v) is 15.3. The molecular weight excluding hydrogens is 356 g/mol. The van der Waals surface area contributed by atoms with Crippen molar-refractivity contribution < 1.29 is 13.2 Å². The Kier molecular flexibility index (Phi) is 7.12. The lowest BCUT2D eigenvalue weighted by Gasteiger charge is -2.21. The molecule has 1 unspecified atom stereocenters. The number of hydrogen-bond donors (Lipinski definition) is 1. The molecular formula is C14H23BrN2O3S. The maximum absolute atomic E-state index is 12.2. The Labute approximate surface area is 136 Å². The largest absolute Gasteiger partial charge is 0.496 e. The summed E-state index contributed by atoms with van der Waals surface area (Å²) in [5.41, 5.74) is 0.871. The molecule has 0 bridgehead atoms. The molecule has 0 saturated carbocycles. The molecule has 0 aromatic heterocycles. The van der Waals surface area contributed by atoms with Gasteiger partial charge in [0, 0.05) is 19.6 Å². The molecule has 0 aliphatic rings. The second-order valence-corrected chi connectivity index (χ2v) is 7.58. The summed E-state index contributed by atoms with van der Waals surface area (Å²) in [5.74, 6) is 0.717. The predicted octanol–water partition coefficient (Wildman–Crippen LogP) is 3.09. The van der Waals surface area contributed by atoms with Crippen molar-refractivity contribution in [1.82, 2.24) is 9.03 Å². The quantitative estimate of drug-likeness (QED) is 0.755. The first-order valence-corrected chi connectivity index (χ1v) is 9.12. The van der Waals surface area contributed by atoms with Crippen molar-refractivity contribution in [3.8, 4) is 5.75 Å². The van der Waals surface area contributed by atoms with Gasteiger partial charge in [-0.15, -0.1) is 0 Å². The summed E-state index contributed by atoms with van der Waals surface area (Å²) in [6.07, 6.45) is 1.81. The smallest absolute Gasteiger partial charge is 0.279 e. The van der Waals surface area contributed by atoms with E-state index in [1.807, 2.05) is 32.0 Å². The molecule has 0 saturated heterocycles. The summed E-state index contributed by atoms with van der Waals surface area (Å²) >= 11 is 3.41. The van der Waals surface area contributed by atoms with E-state index in [4.69, 9.17) is 4.74 Å². The maximum atomic E-state index is 12.2. The van der Waals surface area contributed by atoms with Crippen molar-refractivity contribution in [2.75, 3.05) is 20.7 Å². The van der Waals surface area contributed by atoms with Gasteiger partial charge < -0.3 is 4.74 Å². The highest BCUT2D eigenvalue weighted by Gasteiger charge is 2.20. The highest BCUT2D eigenvalue weighted by molar-refractivity contribution is 9.10. The number of benzene rings is 1. The highest BCUT2D eigenvalue weighted by atomic mass is 79.9. The van der Waals surface area contributed by atoms with Crippen LogP contribution in [0.15, 0.2) is 22.7 Å². The summed E-state index contributed by atoms with van der Waals surface area (Å²) in [4.78, 5) is 0. The van der Waals surface area contributed by atoms with Gasteiger partial charge in [0.2, 0.25) is 0 Å². The van der Waals surface area contributed by atoms with E-state index in [2.05, 4.69) is 20.7 Å². The molecule has 1 N–H and O–H groups in total. The van der Waals surface area contributed by atoms with E-state index in [9.17, 15) is 8.42 Å². The molecule has 0 amide bonds. The van der Waals surface area contributed by atoms with Crippen LogP contribution in [-0.2, 0) is 10.2 Å². The summed E-state index contributed by atoms with van der Waals surface area (Å²) in [5, 5.41) is 0. The molecule has 0 spiro atoms.